The van der Waals surface area contributed by atoms with E-state index >= 15 is 0 Å². The average molecular weight is 434 g/mol. The van der Waals surface area contributed by atoms with Crippen molar-refractivity contribution in [1.29, 1.82) is 0 Å². The smallest absolute Gasteiger partial charge is 0.251 e. The molecule has 0 aromatic heterocycles. The third-order valence-corrected chi connectivity index (χ3v) is 5.16. The molecule has 0 aliphatic rings. The van der Waals surface area contributed by atoms with E-state index in [-0.39, 0.29) is 18.7 Å². The molecule has 9 heteroatoms. The maximum Gasteiger partial charge on any atom is 0.251 e. The van der Waals surface area contributed by atoms with Gasteiger partial charge in [-0.3, -0.25) is 9.59 Å². The monoisotopic (exact) mass is 433 g/mol. The van der Waals surface area contributed by atoms with E-state index < -0.39 is 34.2 Å². The molecule has 2 rings (SSSR count). The number of nitrogens with one attached hydrogen (secondary N) is 3. The van der Waals surface area contributed by atoms with Crippen molar-refractivity contribution in [2.75, 3.05) is 19.6 Å². The van der Waals surface area contributed by atoms with Crippen molar-refractivity contribution in [1.82, 2.24) is 15.4 Å². The van der Waals surface area contributed by atoms with Crippen LogP contribution in [0.1, 0.15) is 27.0 Å². The van der Waals surface area contributed by atoms with Gasteiger partial charge in [0.25, 0.3) is 5.91 Å². The molecule has 0 aliphatic carbocycles. The Bertz CT molecular complexity index is 1030. The van der Waals surface area contributed by atoms with Gasteiger partial charge >= 0.3 is 0 Å². The van der Waals surface area contributed by atoms with Crippen LogP contribution in [0.4, 0.5) is 4.39 Å². The largest absolute Gasteiger partial charge is 0.353 e. The highest BCUT2D eigenvalue weighted by Gasteiger charge is 2.10. The molecular weight excluding hydrogens is 409 g/mol. The normalized spacial score (nSPS) is 11.4. The summed E-state index contributed by atoms with van der Waals surface area (Å²) in [5.41, 5.74) is 2.40. The maximum absolute atomic E-state index is 13.5. The van der Waals surface area contributed by atoms with E-state index in [9.17, 15) is 22.4 Å². The Balaban J connectivity index is 1.70. The molecule has 0 atom stereocenters. The molecule has 160 valence electrons. The number of rotatable bonds is 9. The van der Waals surface area contributed by atoms with E-state index in [0.29, 0.717) is 5.56 Å². The summed E-state index contributed by atoms with van der Waals surface area (Å²) in [4.78, 5) is 23.7. The van der Waals surface area contributed by atoms with Crippen LogP contribution in [0, 0.1) is 19.7 Å². The quantitative estimate of drug-likeness (QED) is 0.525. The Morgan fingerprint density at radius 3 is 2.33 bits per heavy atom. The molecule has 0 unspecified atom stereocenters. The van der Waals surface area contributed by atoms with Crippen molar-refractivity contribution in [2.24, 2.45) is 0 Å². The molecule has 0 heterocycles. The van der Waals surface area contributed by atoms with Gasteiger partial charge in [0, 0.05) is 24.1 Å². The third-order valence-electron chi connectivity index (χ3n) is 4.12. The zero-order valence-corrected chi connectivity index (χ0v) is 17.6. The number of sulfonamides is 1. The predicted molar refractivity (Wildman–Crippen MR) is 114 cm³/mol. The number of halogens is 1. The van der Waals surface area contributed by atoms with Crippen LogP contribution in [0.2, 0.25) is 0 Å². The van der Waals surface area contributed by atoms with Crippen LogP contribution in [-0.2, 0) is 14.8 Å². The third kappa shape index (κ3) is 7.76. The number of carbonyl (C=O) groups excluding carboxylic acids is 2. The number of aryl methyl sites for hydroxylation is 2. The lowest BCUT2D eigenvalue weighted by Gasteiger charge is -2.08. The second kappa shape index (κ2) is 10.7. The molecule has 30 heavy (non-hydrogen) atoms. The molecule has 2 aromatic rings. The van der Waals surface area contributed by atoms with E-state index in [1.165, 1.54) is 18.2 Å². The van der Waals surface area contributed by atoms with Gasteiger partial charge in [-0.1, -0.05) is 35.9 Å². The fourth-order valence-electron chi connectivity index (χ4n) is 2.34. The summed E-state index contributed by atoms with van der Waals surface area (Å²) in [6, 6.07) is 11.4. The van der Waals surface area contributed by atoms with Crippen molar-refractivity contribution in [3.05, 3.63) is 75.9 Å². The van der Waals surface area contributed by atoms with E-state index in [4.69, 9.17) is 0 Å². The standard InChI is InChI=1S/C21H24FN3O4S/c1-15-3-6-17(7-4-15)9-12-30(28,29)25-14-20(26)23-10-11-24-21(27)18-8-5-16(2)19(22)13-18/h3-9,12-13,25H,10-11,14H2,1-2H3,(H,23,26)(H,24,27)/b12-9-. The van der Waals surface area contributed by atoms with Crippen LogP contribution >= 0.6 is 0 Å². The first-order valence-corrected chi connectivity index (χ1v) is 10.8. The Morgan fingerprint density at radius 2 is 1.67 bits per heavy atom. The molecule has 0 fully saturated rings. The lowest BCUT2D eigenvalue weighted by molar-refractivity contribution is -0.119. The SMILES string of the molecule is Cc1ccc(/C=C\S(=O)(=O)NCC(=O)NCCNC(=O)c2ccc(C)c(F)c2)cc1. The number of amides is 2. The molecule has 7 nitrogen and oxygen atoms in total. The predicted octanol–water partition coefficient (Wildman–Crippen LogP) is 1.88. The fourth-order valence-corrected chi connectivity index (χ4v) is 3.10. The molecule has 0 saturated carbocycles. The van der Waals surface area contributed by atoms with Gasteiger partial charge < -0.3 is 10.6 Å². The minimum Gasteiger partial charge on any atom is -0.353 e. The first-order chi connectivity index (χ1) is 14.2. The maximum atomic E-state index is 13.5. The van der Waals surface area contributed by atoms with Gasteiger partial charge in [-0.15, -0.1) is 0 Å². The summed E-state index contributed by atoms with van der Waals surface area (Å²) in [7, 11) is -3.77. The molecular formula is C21H24FN3O4S. The van der Waals surface area contributed by atoms with E-state index in [1.54, 1.807) is 19.1 Å². The topological polar surface area (TPSA) is 104 Å². The van der Waals surface area contributed by atoms with Gasteiger partial charge in [0.2, 0.25) is 15.9 Å². The second-order valence-electron chi connectivity index (χ2n) is 6.65. The first kappa shape index (κ1) is 23.2. The van der Waals surface area contributed by atoms with Crippen LogP contribution in [-0.4, -0.2) is 39.9 Å². The van der Waals surface area contributed by atoms with Crippen molar-refractivity contribution in [3.63, 3.8) is 0 Å². The zero-order chi connectivity index (χ0) is 22.1. The van der Waals surface area contributed by atoms with Crippen LogP contribution in [0.15, 0.2) is 47.9 Å². The molecule has 0 bridgehead atoms. The minimum atomic E-state index is -3.77. The first-order valence-electron chi connectivity index (χ1n) is 9.22. The van der Waals surface area contributed by atoms with Crippen molar-refractivity contribution < 1.29 is 22.4 Å². The second-order valence-corrected chi connectivity index (χ2v) is 8.30. The molecule has 3 N–H and O–H groups in total. The lowest BCUT2D eigenvalue weighted by Crippen LogP contribution is -2.40. The summed E-state index contributed by atoms with van der Waals surface area (Å²) in [6.07, 6.45) is 1.43. The van der Waals surface area contributed by atoms with Gasteiger partial charge in [0.15, 0.2) is 0 Å². The summed E-state index contributed by atoms with van der Waals surface area (Å²) >= 11 is 0. The van der Waals surface area contributed by atoms with Gasteiger partial charge in [0.1, 0.15) is 5.82 Å². The van der Waals surface area contributed by atoms with Gasteiger partial charge in [-0.25, -0.2) is 17.5 Å². The number of hydrogen-bond acceptors (Lipinski definition) is 4. The highest BCUT2D eigenvalue weighted by Crippen LogP contribution is 2.09. The summed E-state index contributed by atoms with van der Waals surface area (Å²) in [5, 5.41) is 6.02. The summed E-state index contributed by atoms with van der Waals surface area (Å²) < 4.78 is 39.5. The molecule has 0 radical (unpaired) electrons. The molecule has 2 aromatic carbocycles. The van der Waals surface area contributed by atoms with Crippen LogP contribution in [0.3, 0.4) is 0 Å². The van der Waals surface area contributed by atoms with E-state index in [2.05, 4.69) is 15.4 Å². The van der Waals surface area contributed by atoms with Crippen molar-refractivity contribution >= 4 is 27.9 Å². The van der Waals surface area contributed by atoms with Crippen molar-refractivity contribution in [2.45, 2.75) is 13.8 Å². The minimum absolute atomic E-state index is 0.0971. The lowest BCUT2D eigenvalue weighted by atomic mass is 10.1. The van der Waals surface area contributed by atoms with Gasteiger partial charge in [-0.2, -0.15) is 0 Å². The van der Waals surface area contributed by atoms with E-state index in [1.807, 2.05) is 19.1 Å². The van der Waals surface area contributed by atoms with E-state index in [0.717, 1.165) is 22.6 Å². The molecule has 2 amide bonds. The van der Waals surface area contributed by atoms with Gasteiger partial charge in [0.05, 0.1) is 6.54 Å². The van der Waals surface area contributed by atoms with Crippen LogP contribution < -0.4 is 15.4 Å². The Kier molecular flexibility index (Phi) is 8.25. The highest BCUT2D eigenvalue weighted by atomic mass is 32.2. The zero-order valence-electron chi connectivity index (χ0n) is 16.7. The highest BCUT2D eigenvalue weighted by molar-refractivity contribution is 7.92. The summed E-state index contributed by atoms with van der Waals surface area (Å²) in [6.45, 7) is 3.30. The number of hydrogen-bond donors (Lipinski definition) is 3. The van der Waals surface area contributed by atoms with Crippen LogP contribution in [0.5, 0.6) is 0 Å². The van der Waals surface area contributed by atoms with Crippen LogP contribution in [0.25, 0.3) is 6.08 Å². The molecule has 0 spiro atoms. The Labute approximate surface area is 175 Å². The number of benzene rings is 2. The van der Waals surface area contributed by atoms with Crippen molar-refractivity contribution in [3.8, 4) is 0 Å². The Hall–Kier alpha value is -3.04. The van der Waals surface area contributed by atoms with Gasteiger partial charge in [-0.05, 0) is 43.2 Å². The molecule has 0 aliphatic heterocycles. The average Bonchev–Trinajstić information content (AvgIpc) is 2.71. The number of carbonyl (C=O) groups is 2. The summed E-state index contributed by atoms with van der Waals surface area (Å²) in [5.74, 6) is -1.48. The Morgan fingerprint density at radius 1 is 1.00 bits per heavy atom. The fraction of sp³-hybridized carbons (Fsp3) is 0.238. The molecule has 0 saturated heterocycles.